The van der Waals surface area contributed by atoms with Crippen LogP contribution < -0.4 is 4.90 Å². The summed E-state index contributed by atoms with van der Waals surface area (Å²) in [6, 6.07) is 4.65. The summed E-state index contributed by atoms with van der Waals surface area (Å²) in [5.41, 5.74) is 1.28. The Morgan fingerprint density at radius 3 is 2.72 bits per heavy atom. The van der Waals surface area contributed by atoms with Gasteiger partial charge in [-0.1, -0.05) is 0 Å². The van der Waals surface area contributed by atoms with Crippen molar-refractivity contribution in [1.29, 1.82) is 0 Å². The van der Waals surface area contributed by atoms with Crippen molar-refractivity contribution in [3.8, 4) is 0 Å². The van der Waals surface area contributed by atoms with Crippen molar-refractivity contribution in [2.45, 2.75) is 13.8 Å². The molecule has 1 aliphatic heterocycles. The number of fused-ring (bicyclic) bond motifs is 1. The molecule has 0 N–H and O–H groups in total. The van der Waals surface area contributed by atoms with Crippen LogP contribution in [0, 0.1) is 0 Å². The highest BCUT2D eigenvalue weighted by Crippen LogP contribution is 2.29. The van der Waals surface area contributed by atoms with Crippen LogP contribution in [0.15, 0.2) is 18.2 Å². The Balaban J connectivity index is 2.39. The van der Waals surface area contributed by atoms with Gasteiger partial charge in [-0.3, -0.25) is 9.59 Å². The Morgan fingerprint density at radius 2 is 2.11 bits per heavy atom. The standard InChI is InChI=1S/C13H13NO4/c1-3-18-13(17)9-4-5-11-10(6-9)12(16)7-14(11)8(2)15/h4-6H,3,7H2,1-2H3. The third kappa shape index (κ3) is 1.99. The van der Waals surface area contributed by atoms with Gasteiger partial charge >= 0.3 is 5.97 Å². The van der Waals surface area contributed by atoms with Gasteiger partial charge in [-0.25, -0.2) is 4.79 Å². The van der Waals surface area contributed by atoms with E-state index in [0.29, 0.717) is 16.8 Å². The lowest BCUT2D eigenvalue weighted by Crippen LogP contribution is -2.27. The van der Waals surface area contributed by atoms with E-state index in [-0.39, 0.29) is 24.8 Å². The fourth-order valence-corrected chi connectivity index (χ4v) is 1.93. The molecule has 5 nitrogen and oxygen atoms in total. The monoisotopic (exact) mass is 247 g/mol. The van der Waals surface area contributed by atoms with Gasteiger partial charge in [0, 0.05) is 12.5 Å². The van der Waals surface area contributed by atoms with Gasteiger partial charge in [0.15, 0.2) is 5.78 Å². The Labute approximate surface area is 104 Å². The highest BCUT2D eigenvalue weighted by molar-refractivity contribution is 6.16. The van der Waals surface area contributed by atoms with Crippen molar-refractivity contribution in [2.75, 3.05) is 18.1 Å². The van der Waals surface area contributed by atoms with Crippen LogP contribution in [0.25, 0.3) is 0 Å². The molecule has 2 rings (SSSR count). The number of esters is 1. The van der Waals surface area contributed by atoms with E-state index in [1.165, 1.54) is 17.9 Å². The predicted octanol–water partition coefficient (Wildman–Crippen LogP) is 1.41. The molecule has 0 aromatic heterocycles. The molecule has 0 atom stereocenters. The number of carbonyl (C=O) groups is 3. The Bertz CT molecular complexity index is 536. The lowest BCUT2D eigenvalue weighted by molar-refractivity contribution is -0.116. The average Bonchev–Trinajstić information content (AvgIpc) is 2.67. The quantitative estimate of drug-likeness (QED) is 0.741. The Morgan fingerprint density at radius 1 is 1.39 bits per heavy atom. The second-order valence-electron chi connectivity index (χ2n) is 3.98. The van der Waals surface area contributed by atoms with Gasteiger partial charge < -0.3 is 9.64 Å². The molecular formula is C13H13NO4. The molecule has 1 amide bonds. The third-order valence-corrected chi connectivity index (χ3v) is 2.78. The van der Waals surface area contributed by atoms with Crippen LogP contribution in [-0.4, -0.2) is 30.8 Å². The number of hydrogen-bond acceptors (Lipinski definition) is 4. The molecule has 1 aliphatic rings. The van der Waals surface area contributed by atoms with Crippen molar-refractivity contribution in [2.24, 2.45) is 0 Å². The first-order valence-corrected chi connectivity index (χ1v) is 5.67. The van der Waals surface area contributed by atoms with Crippen LogP contribution >= 0.6 is 0 Å². The topological polar surface area (TPSA) is 63.7 Å². The number of ether oxygens (including phenoxy) is 1. The summed E-state index contributed by atoms with van der Waals surface area (Å²) in [5.74, 6) is -0.813. The summed E-state index contributed by atoms with van der Waals surface area (Å²) in [5, 5.41) is 0. The van der Waals surface area contributed by atoms with E-state index < -0.39 is 5.97 Å². The summed E-state index contributed by atoms with van der Waals surface area (Å²) in [7, 11) is 0. The van der Waals surface area contributed by atoms with Crippen LogP contribution in [0.5, 0.6) is 0 Å². The molecule has 0 aliphatic carbocycles. The summed E-state index contributed by atoms with van der Waals surface area (Å²) in [4.78, 5) is 36.1. The molecule has 0 bridgehead atoms. The van der Waals surface area contributed by atoms with Crippen LogP contribution in [0.3, 0.4) is 0 Å². The largest absolute Gasteiger partial charge is 0.462 e. The first-order valence-electron chi connectivity index (χ1n) is 5.67. The SMILES string of the molecule is CCOC(=O)c1ccc2c(c1)C(=O)CN2C(C)=O. The molecule has 0 saturated carbocycles. The lowest BCUT2D eigenvalue weighted by atomic mass is 10.1. The van der Waals surface area contributed by atoms with Crippen LogP contribution in [-0.2, 0) is 9.53 Å². The minimum absolute atomic E-state index is 0.0386. The predicted molar refractivity (Wildman–Crippen MR) is 64.8 cm³/mol. The van der Waals surface area contributed by atoms with Gasteiger partial charge in [-0.05, 0) is 25.1 Å². The maximum atomic E-state index is 11.8. The van der Waals surface area contributed by atoms with Crippen molar-refractivity contribution in [1.82, 2.24) is 0 Å². The molecule has 18 heavy (non-hydrogen) atoms. The second-order valence-corrected chi connectivity index (χ2v) is 3.98. The fourth-order valence-electron chi connectivity index (χ4n) is 1.93. The van der Waals surface area contributed by atoms with Gasteiger partial charge in [0.25, 0.3) is 0 Å². The van der Waals surface area contributed by atoms with Gasteiger partial charge in [-0.15, -0.1) is 0 Å². The van der Waals surface area contributed by atoms with Crippen LogP contribution in [0.1, 0.15) is 34.6 Å². The summed E-state index contributed by atoms with van der Waals surface area (Å²) in [6.45, 7) is 3.44. The van der Waals surface area contributed by atoms with Gasteiger partial charge in [0.05, 0.1) is 24.4 Å². The number of hydrogen-bond donors (Lipinski definition) is 0. The Hall–Kier alpha value is -2.17. The molecule has 1 aromatic carbocycles. The maximum absolute atomic E-state index is 11.8. The minimum Gasteiger partial charge on any atom is -0.462 e. The maximum Gasteiger partial charge on any atom is 0.338 e. The van der Waals surface area contributed by atoms with E-state index in [9.17, 15) is 14.4 Å². The van der Waals surface area contributed by atoms with E-state index in [0.717, 1.165) is 0 Å². The lowest BCUT2D eigenvalue weighted by Gasteiger charge is -2.13. The zero-order valence-electron chi connectivity index (χ0n) is 10.2. The molecule has 0 fully saturated rings. The average molecular weight is 247 g/mol. The normalized spacial score (nSPS) is 13.4. The van der Waals surface area contributed by atoms with E-state index in [1.807, 2.05) is 0 Å². The molecule has 0 radical (unpaired) electrons. The highest BCUT2D eigenvalue weighted by Gasteiger charge is 2.29. The van der Waals surface area contributed by atoms with Crippen molar-refractivity contribution < 1.29 is 19.1 Å². The highest BCUT2D eigenvalue weighted by atomic mass is 16.5. The van der Waals surface area contributed by atoms with Crippen LogP contribution in [0.4, 0.5) is 5.69 Å². The van der Waals surface area contributed by atoms with Crippen LogP contribution in [0.2, 0.25) is 0 Å². The number of ketones is 1. The summed E-state index contributed by atoms with van der Waals surface area (Å²) < 4.78 is 4.87. The van der Waals surface area contributed by atoms with Crippen molar-refractivity contribution in [3.05, 3.63) is 29.3 Å². The zero-order chi connectivity index (χ0) is 13.3. The Kier molecular flexibility index (Phi) is 3.14. The van der Waals surface area contributed by atoms with Crippen molar-refractivity contribution in [3.63, 3.8) is 0 Å². The molecule has 94 valence electrons. The smallest absolute Gasteiger partial charge is 0.338 e. The number of rotatable bonds is 2. The van der Waals surface area contributed by atoms with Gasteiger partial charge in [0.2, 0.25) is 5.91 Å². The van der Waals surface area contributed by atoms with Gasteiger partial charge in [-0.2, -0.15) is 0 Å². The fraction of sp³-hybridized carbons (Fsp3) is 0.308. The third-order valence-electron chi connectivity index (χ3n) is 2.78. The number of nitrogens with zero attached hydrogens (tertiary/aromatic N) is 1. The number of carbonyl (C=O) groups excluding carboxylic acids is 3. The van der Waals surface area contributed by atoms with Gasteiger partial charge in [0.1, 0.15) is 0 Å². The zero-order valence-corrected chi connectivity index (χ0v) is 10.2. The molecule has 0 unspecified atom stereocenters. The molecule has 5 heteroatoms. The number of anilines is 1. The number of amides is 1. The molecule has 0 saturated heterocycles. The number of benzene rings is 1. The summed E-state index contributed by atoms with van der Waals surface area (Å²) in [6.07, 6.45) is 0. The molecule has 0 spiro atoms. The first-order chi connectivity index (χ1) is 8.54. The molecular weight excluding hydrogens is 234 g/mol. The molecule has 1 heterocycles. The van der Waals surface area contributed by atoms with E-state index in [2.05, 4.69) is 0 Å². The van der Waals surface area contributed by atoms with Crippen molar-refractivity contribution >= 4 is 23.3 Å². The minimum atomic E-state index is -0.464. The molecule has 1 aromatic rings. The first kappa shape index (κ1) is 12.3. The van der Waals surface area contributed by atoms with E-state index >= 15 is 0 Å². The summed E-state index contributed by atoms with van der Waals surface area (Å²) >= 11 is 0. The van der Waals surface area contributed by atoms with E-state index in [4.69, 9.17) is 4.74 Å². The number of Topliss-reactive ketones (excluding diaryl/α,β-unsaturated/α-hetero) is 1. The second kappa shape index (κ2) is 4.60. The van der Waals surface area contributed by atoms with E-state index in [1.54, 1.807) is 19.1 Å².